The number of hydrogen-bond acceptors (Lipinski definition) is 3. The van der Waals surface area contributed by atoms with Crippen LogP contribution in [0, 0.1) is 5.92 Å². The second-order valence-corrected chi connectivity index (χ2v) is 6.70. The molecule has 0 aliphatic rings. The van der Waals surface area contributed by atoms with E-state index in [1.807, 2.05) is 28.1 Å². The third-order valence-corrected chi connectivity index (χ3v) is 4.64. The Morgan fingerprint density at radius 1 is 1.25 bits per heavy atom. The fraction of sp³-hybridized carbons (Fsp3) is 0.267. The zero-order valence-electron chi connectivity index (χ0n) is 10.9. The molecule has 1 atom stereocenters. The molecule has 0 spiro atoms. The van der Waals surface area contributed by atoms with Crippen molar-refractivity contribution in [3.8, 4) is 0 Å². The maximum atomic E-state index is 9.59. The quantitative estimate of drug-likeness (QED) is 0.763. The first kappa shape index (κ1) is 13.8. The third-order valence-electron chi connectivity index (χ3n) is 3.34. The molecule has 0 saturated carbocycles. The molecule has 0 aliphatic heterocycles. The average molecular weight is 351 g/mol. The molecule has 104 valence electrons. The highest BCUT2D eigenvalue weighted by Crippen LogP contribution is 2.18. The summed E-state index contributed by atoms with van der Waals surface area (Å²) in [4.78, 5) is 5.59. The molecule has 2 aromatic heterocycles. The van der Waals surface area contributed by atoms with E-state index < -0.39 is 0 Å². The molecule has 3 aromatic rings. The van der Waals surface area contributed by atoms with Crippen molar-refractivity contribution in [1.82, 2.24) is 9.38 Å². The van der Waals surface area contributed by atoms with Crippen molar-refractivity contribution in [3.05, 3.63) is 57.8 Å². The van der Waals surface area contributed by atoms with E-state index in [0.717, 1.165) is 28.0 Å². The Labute approximate surface area is 130 Å². The maximum Gasteiger partial charge on any atom is 0.193 e. The van der Waals surface area contributed by atoms with E-state index in [4.69, 9.17) is 0 Å². The molecule has 0 fully saturated rings. The van der Waals surface area contributed by atoms with Crippen LogP contribution in [0.15, 0.2) is 46.5 Å². The molecule has 20 heavy (non-hydrogen) atoms. The van der Waals surface area contributed by atoms with Gasteiger partial charge in [0.15, 0.2) is 4.96 Å². The number of rotatable bonds is 5. The number of fused-ring (bicyclic) bond motifs is 1. The molecule has 5 heteroatoms. The number of halogens is 1. The van der Waals surface area contributed by atoms with Gasteiger partial charge in [0.25, 0.3) is 0 Å². The fourth-order valence-electron chi connectivity index (χ4n) is 2.33. The number of aliphatic hydroxyl groups is 1. The van der Waals surface area contributed by atoms with Crippen LogP contribution >= 0.6 is 27.3 Å². The van der Waals surface area contributed by atoms with Gasteiger partial charge in [-0.2, -0.15) is 0 Å². The lowest BCUT2D eigenvalue weighted by Gasteiger charge is -2.12. The topological polar surface area (TPSA) is 37.5 Å². The molecule has 0 bridgehead atoms. The molecule has 2 heterocycles. The zero-order valence-corrected chi connectivity index (χ0v) is 13.3. The molecule has 3 rings (SSSR count). The predicted octanol–water partition coefficient (Wildman–Crippen LogP) is 3.55. The summed E-state index contributed by atoms with van der Waals surface area (Å²) >= 11 is 5.07. The van der Waals surface area contributed by atoms with E-state index in [0.29, 0.717) is 0 Å². The Balaban J connectivity index is 1.70. The molecule has 0 radical (unpaired) electrons. The summed E-state index contributed by atoms with van der Waals surface area (Å²) in [5.41, 5.74) is 2.29. The van der Waals surface area contributed by atoms with Gasteiger partial charge in [-0.15, -0.1) is 11.3 Å². The fourth-order valence-corrected chi connectivity index (χ4v) is 3.31. The van der Waals surface area contributed by atoms with Gasteiger partial charge < -0.3 is 5.11 Å². The minimum absolute atomic E-state index is 0.182. The zero-order chi connectivity index (χ0) is 13.9. The van der Waals surface area contributed by atoms with Crippen molar-refractivity contribution < 1.29 is 5.11 Å². The predicted molar refractivity (Wildman–Crippen MR) is 85.2 cm³/mol. The van der Waals surface area contributed by atoms with Crippen LogP contribution < -0.4 is 0 Å². The van der Waals surface area contributed by atoms with Crippen molar-refractivity contribution in [2.45, 2.75) is 12.8 Å². The van der Waals surface area contributed by atoms with Crippen LogP contribution in [0.25, 0.3) is 4.96 Å². The summed E-state index contributed by atoms with van der Waals surface area (Å²) in [6.45, 7) is 0.182. The average Bonchev–Trinajstić information content (AvgIpc) is 3.01. The lowest BCUT2D eigenvalue weighted by atomic mass is 9.96. The first-order chi connectivity index (χ1) is 9.74. The van der Waals surface area contributed by atoms with Crippen LogP contribution in [0.2, 0.25) is 0 Å². The van der Waals surface area contributed by atoms with Gasteiger partial charge in [0.2, 0.25) is 0 Å². The van der Waals surface area contributed by atoms with Crippen LogP contribution in [0.4, 0.5) is 0 Å². The second kappa shape index (κ2) is 6.08. The van der Waals surface area contributed by atoms with Crippen molar-refractivity contribution in [2.24, 2.45) is 5.92 Å². The van der Waals surface area contributed by atoms with Gasteiger partial charge in [0.05, 0.1) is 5.69 Å². The van der Waals surface area contributed by atoms with E-state index >= 15 is 0 Å². The molecule has 0 saturated heterocycles. The van der Waals surface area contributed by atoms with Gasteiger partial charge in [-0.05, 0) is 36.5 Å². The maximum absolute atomic E-state index is 9.59. The van der Waals surface area contributed by atoms with Gasteiger partial charge in [-0.1, -0.05) is 28.1 Å². The highest BCUT2D eigenvalue weighted by Gasteiger charge is 2.12. The molecular weight excluding hydrogens is 336 g/mol. The van der Waals surface area contributed by atoms with Crippen molar-refractivity contribution >= 4 is 32.2 Å². The number of imidazole rings is 1. The molecular formula is C15H15BrN2OS. The summed E-state index contributed by atoms with van der Waals surface area (Å²) in [7, 11) is 0. The van der Waals surface area contributed by atoms with E-state index in [1.165, 1.54) is 5.56 Å². The van der Waals surface area contributed by atoms with E-state index in [-0.39, 0.29) is 12.5 Å². The molecule has 1 aromatic carbocycles. The van der Waals surface area contributed by atoms with Crippen LogP contribution in [0.5, 0.6) is 0 Å². The van der Waals surface area contributed by atoms with Crippen LogP contribution in [-0.2, 0) is 12.8 Å². The molecule has 1 unspecified atom stereocenters. The summed E-state index contributed by atoms with van der Waals surface area (Å²) in [5.74, 6) is 0.209. The lowest BCUT2D eigenvalue weighted by molar-refractivity contribution is 0.224. The Hall–Kier alpha value is -1.17. The van der Waals surface area contributed by atoms with Gasteiger partial charge >= 0.3 is 0 Å². The Morgan fingerprint density at radius 3 is 2.75 bits per heavy atom. The summed E-state index contributed by atoms with van der Waals surface area (Å²) in [6.07, 6.45) is 5.74. The Bertz CT molecular complexity index is 661. The van der Waals surface area contributed by atoms with Gasteiger partial charge in [0, 0.05) is 28.9 Å². The standard InChI is InChI=1S/C15H15BrN2OS/c16-13-3-1-11(2-4-13)7-12(10-19)8-14-9-18-5-6-20-15(18)17-14/h1-6,9,12,19H,7-8,10H2. The first-order valence-corrected chi connectivity index (χ1v) is 8.18. The largest absolute Gasteiger partial charge is 0.396 e. The number of thiazole rings is 1. The van der Waals surface area contributed by atoms with E-state index in [2.05, 4.69) is 39.2 Å². The Morgan fingerprint density at radius 2 is 2.05 bits per heavy atom. The van der Waals surface area contributed by atoms with Crippen molar-refractivity contribution in [1.29, 1.82) is 0 Å². The minimum Gasteiger partial charge on any atom is -0.396 e. The van der Waals surface area contributed by atoms with Crippen molar-refractivity contribution in [3.63, 3.8) is 0 Å². The number of benzene rings is 1. The first-order valence-electron chi connectivity index (χ1n) is 6.51. The SMILES string of the molecule is OCC(Cc1ccc(Br)cc1)Cc1cn2ccsc2n1. The van der Waals surface area contributed by atoms with Gasteiger partial charge in [-0.25, -0.2) is 4.98 Å². The van der Waals surface area contributed by atoms with E-state index in [1.54, 1.807) is 11.3 Å². The molecule has 0 amide bonds. The van der Waals surface area contributed by atoms with Crippen LogP contribution in [-0.4, -0.2) is 21.1 Å². The van der Waals surface area contributed by atoms with Gasteiger partial charge in [-0.3, -0.25) is 4.40 Å². The highest BCUT2D eigenvalue weighted by molar-refractivity contribution is 9.10. The van der Waals surface area contributed by atoms with E-state index in [9.17, 15) is 5.11 Å². The summed E-state index contributed by atoms with van der Waals surface area (Å²) in [5, 5.41) is 11.6. The second-order valence-electron chi connectivity index (χ2n) is 4.91. The Kier molecular flexibility index (Phi) is 4.19. The van der Waals surface area contributed by atoms with Crippen LogP contribution in [0.3, 0.4) is 0 Å². The number of hydrogen-bond donors (Lipinski definition) is 1. The van der Waals surface area contributed by atoms with Gasteiger partial charge in [0.1, 0.15) is 0 Å². The number of aliphatic hydroxyl groups excluding tert-OH is 1. The lowest BCUT2D eigenvalue weighted by Crippen LogP contribution is -2.13. The number of nitrogens with zero attached hydrogens (tertiary/aromatic N) is 2. The summed E-state index contributed by atoms with van der Waals surface area (Å²) < 4.78 is 3.12. The minimum atomic E-state index is 0.182. The normalized spacial score (nSPS) is 12.9. The number of aromatic nitrogens is 2. The summed E-state index contributed by atoms with van der Waals surface area (Å²) in [6, 6.07) is 8.27. The third kappa shape index (κ3) is 3.11. The van der Waals surface area contributed by atoms with Crippen LogP contribution in [0.1, 0.15) is 11.3 Å². The monoisotopic (exact) mass is 350 g/mol. The smallest absolute Gasteiger partial charge is 0.193 e. The molecule has 1 N–H and O–H groups in total. The van der Waals surface area contributed by atoms with Crippen molar-refractivity contribution in [2.75, 3.05) is 6.61 Å². The molecule has 0 aliphatic carbocycles. The highest BCUT2D eigenvalue weighted by atomic mass is 79.9. The molecule has 3 nitrogen and oxygen atoms in total.